The van der Waals surface area contributed by atoms with Gasteiger partial charge in [0.2, 0.25) is 0 Å². The summed E-state index contributed by atoms with van der Waals surface area (Å²) < 4.78 is 1.61. The van der Waals surface area contributed by atoms with E-state index in [1.165, 1.54) is 0 Å². The summed E-state index contributed by atoms with van der Waals surface area (Å²) in [6.07, 6.45) is 0. The molecule has 0 bridgehead atoms. The quantitative estimate of drug-likeness (QED) is 0.680. The molecule has 1 amide bonds. The molecule has 0 radical (unpaired) electrons. The molecular weight excluding hydrogens is 332 g/mol. The third-order valence-corrected chi connectivity index (χ3v) is 3.36. The molecule has 0 aliphatic rings. The van der Waals surface area contributed by atoms with Crippen LogP contribution in [0.15, 0.2) is 27.1 Å². The molecule has 0 aliphatic carbocycles. The van der Waals surface area contributed by atoms with E-state index in [1.54, 1.807) is 18.2 Å². The summed E-state index contributed by atoms with van der Waals surface area (Å²) in [5.41, 5.74) is 0.511. The fraction of sp³-hybridized carbons (Fsp3) is 0.125. The number of anilines is 1. The number of nitrogens with zero attached hydrogens (tertiary/aromatic N) is 1. The van der Waals surface area contributed by atoms with Crippen molar-refractivity contribution < 1.29 is 9.72 Å². The van der Waals surface area contributed by atoms with Gasteiger partial charge in [0.05, 0.1) is 0 Å². The lowest BCUT2D eigenvalue weighted by Crippen LogP contribution is -2.21. The molecule has 0 heterocycles. The second-order valence-corrected chi connectivity index (χ2v) is 4.38. The van der Waals surface area contributed by atoms with Crippen LogP contribution in [-0.2, 0) is 4.79 Å². The fourth-order valence-electron chi connectivity index (χ4n) is 0.892. The number of benzene rings is 1. The lowest BCUT2D eigenvalue weighted by molar-refractivity contribution is -0.467. The molecule has 1 N–H and O–H groups in total. The summed E-state index contributed by atoms with van der Waals surface area (Å²) in [6, 6.07) is 5.03. The van der Waals surface area contributed by atoms with Crippen LogP contribution < -0.4 is 5.32 Å². The van der Waals surface area contributed by atoms with Crippen LogP contribution in [0, 0.1) is 10.1 Å². The number of rotatable bonds is 3. The van der Waals surface area contributed by atoms with E-state index in [0.29, 0.717) is 5.69 Å². The largest absolute Gasteiger partial charge is 0.320 e. The standard InChI is InChI=1S/C8H6Br2N2O3/c9-6-2-1-5(3-7(6)10)11-8(13)4-12(14)15/h1-3H,4H2,(H,11,13). The summed E-state index contributed by atoms with van der Waals surface area (Å²) in [6.45, 7) is -0.728. The van der Waals surface area contributed by atoms with Gasteiger partial charge >= 0.3 is 0 Å². The number of carbonyl (C=O) groups excluding carboxylic acids is 1. The molecule has 1 aromatic carbocycles. The van der Waals surface area contributed by atoms with Crippen LogP contribution in [0.1, 0.15) is 0 Å². The Kier molecular flexibility index (Phi) is 4.22. The second-order valence-electron chi connectivity index (χ2n) is 2.67. The monoisotopic (exact) mass is 336 g/mol. The van der Waals surface area contributed by atoms with Crippen molar-refractivity contribution in [3.8, 4) is 0 Å². The van der Waals surface area contributed by atoms with E-state index in [0.717, 1.165) is 8.95 Å². The molecule has 0 fully saturated rings. The predicted molar refractivity (Wildman–Crippen MR) is 62.3 cm³/mol. The van der Waals surface area contributed by atoms with Gasteiger partial charge in [-0.25, -0.2) is 0 Å². The highest BCUT2D eigenvalue weighted by Crippen LogP contribution is 2.25. The van der Waals surface area contributed by atoms with Crippen molar-refractivity contribution >= 4 is 43.5 Å². The highest BCUT2D eigenvalue weighted by molar-refractivity contribution is 9.13. The predicted octanol–water partition coefficient (Wildman–Crippen LogP) is 2.43. The zero-order chi connectivity index (χ0) is 11.4. The number of hydrogen-bond donors (Lipinski definition) is 1. The van der Waals surface area contributed by atoms with E-state index < -0.39 is 17.4 Å². The molecule has 5 nitrogen and oxygen atoms in total. The summed E-state index contributed by atoms with van der Waals surface area (Å²) in [7, 11) is 0. The normalized spacial score (nSPS) is 9.73. The topological polar surface area (TPSA) is 72.2 Å². The number of halogens is 2. The van der Waals surface area contributed by atoms with Gasteiger partial charge in [-0.1, -0.05) is 0 Å². The number of nitro groups is 1. The maximum atomic E-state index is 11.0. The molecule has 0 aromatic heterocycles. The molecule has 0 saturated heterocycles. The number of hydrogen-bond acceptors (Lipinski definition) is 3. The van der Waals surface area contributed by atoms with E-state index in [4.69, 9.17) is 0 Å². The Labute approximate surface area is 102 Å². The Bertz CT molecular complexity index is 409. The Balaban J connectivity index is 2.69. The molecule has 7 heteroatoms. The lowest BCUT2D eigenvalue weighted by atomic mass is 10.3. The molecule has 1 aromatic rings. The average Bonchev–Trinajstić information content (AvgIpc) is 2.10. The number of carbonyl (C=O) groups is 1. The van der Waals surface area contributed by atoms with Crippen molar-refractivity contribution in [3.63, 3.8) is 0 Å². The van der Waals surface area contributed by atoms with Crippen molar-refractivity contribution in [2.24, 2.45) is 0 Å². The van der Waals surface area contributed by atoms with Crippen LogP contribution >= 0.6 is 31.9 Å². The summed E-state index contributed by atoms with van der Waals surface area (Å²) >= 11 is 6.52. The van der Waals surface area contributed by atoms with Gasteiger partial charge in [0.15, 0.2) is 0 Å². The van der Waals surface area contributed by atoms with Gasteiger partial charge in [-0.3, -0.25) is 14.9 Å². The van der Waals surface area contributed by atoms with Gasteiger partial charge in [-0.05, 0) is 50.1 Å². The van der Waals surface area contributed by atoms with Crippen molar-refractivity contribution in [1.29, 1.82) is 0 Å². The average molecular weight is 338 g/mol. The highest BCUT2D eigenvalue weighted by Gasteiger charge is 2.09. The second kappa shape index (κ2) is 5.22. The molecule has 0 unspecified atom stereocenters. The minimum Gasteiger partial charge on any atom is -0.320 e. The first-order valence-corrected chi connectivity index (χ1v) is 5.44. The number of nitrogens with one attached hydrogen (secondary N) is 1. The lowest BCUT2D eigenvalue weighted by Gasteiger charge is -2.03. The van der Waals surface area contributed by atoms with Crippen LogP contribution in [0.4, 0.5) is 5.69 Å². The maximum Gasteiger partial charge on any atom is 0.296 e. The smallest absolute Gasteiger partial charge is 0.296 e. The first kappa shape index (κ1) is 12.1. The zero-order valence-corrected chi connectivity index (χ0v) is 10.5. The van der Waals surface area contributed by atoms with Crippen molar-refractivity contribution in [2.75, 3.05) is 11.9 Å². The van der Waals surface area contributed by atoms with Gasteiger partial charge in [-0.15, -0.1) is 0 Å². The third kappa shape index (κ3) is 3.96. The van der Waals surface area contributed by atoms with Crippen molar-refractivity contribution in [2.45, 2.75) is 0 Å². The molecule has 0 aliphatic heterocycles. The molecule has 0 atom stereocenters. The first-order valence-electron chi connectivity index (χ1n) is 3.86. The molecule has 80 valence electrons. The van der Waals surface area contributed by atoms with Crippen LogP contribution in [0.25, 0.3) is 0 Å². The zero-order valence-electron chi connectivity index (χ0n) is 7.37. The molecule has 1 rings (SSSR count). The highest BCUT2D eigenvalue weighted by atomic mass is 79.9. The Morgan fingerprint density at radius 2 is 2.07 bits per heavy atom. The molecular formula is C8H6Br2N2O3. The van der Waals surface area contributed by atoms with Crippen LogP contribution in [0.5, 0.6) is 0 Å². The summed E-state index contributed by atoms with van der Waals surface area (Å²) in [5, 5.41) is 12.5. The van der Waals surface area contributed by atoms with Gasteiger partial charge in [-0.2, -0.15) is 0 Å². The Morgan fingerprint density at radius 3 is 2.60 bits per heavy atom. The van der Waals surface area contributed by atoms with Crippen LogP contribution in [-0.4, -0.2) is 17.4 Å². The van der Waals surface area contributed by atoms with Crippen molar-refractivity contribution in [3.05, 3.63) is 37.3 Å². The maximum absolute atomic E-state index is 11.0. The minimum absolute atomic E-state index is 0.511. The van der Waals surface area contributed by atoms with Gasteiger partial charge < -0.3 is 5.32 Å². The van der Waals surface area contributed by atoms with Gasteiger partial charge in [0.25, 0.3) is 12.5 Å². The molecule has 0 spiro atoms. The van der Waals surface area contributed by atoms with E-state index in [1.807, 2.05) is 0 Å². The SMILES string of the molecule is O=C(C[N+](=O)[O-])Nc1ccc(Br)c(Br)c1. The Hall–Kier alpha value is -0.950. The molecule has 0 saturated carbocycles. The summed E-state index contributed by atoms with van der Waals surface area (Å²) in [4.78, 5) is 20.4. The van der Waals surface area contributed by atoms with Crippen molar-refractivity contribution in [1.82, 2.24) is 0 Å². The van der Waals surface area contributed by atoms with E-state index in [-0.39, 0.29) is 0 Å². The third-order valence-electron chi connectivity index (χ3n) is 1.48. The van der Waals surface area contributed by atoms with Crippen LogP contribution in [0.3, 0.4) is 0 Å². The molecule has 15 heavy (non-hydrogen) atoms. The van der Waals surface area contributed by atoms with E-state index in [9.17, 15) is 14.9 Å². The van der Waals surface area contributed by atoms with Crippen LogP contribution in [0.2, 0.25) is 0 Å². The number of amides is 1. The van der Waals surface area contributed by atoms with E-state index >= 15 is 0 Å². The fourth-order valence-corrected chi connectivity index (χ4v) is 1.52. The van der Waals surface area contributed by atoms with Gasteiger partial charge in [0, 0.05) is 19.6 Å². The van der Waals surface area contributed by atoms with E-state index in [2.05, 4.69) is 37.2 Å². The summed E-state index contributed by atoms with van der Waals surface area (Å²) in [5.74, 6) is -0.644. The first-order chi connectivity index (χ1) is 6.99. The minimum atomic E-state index is -0.728. The Morgan fingerprint density at radius 1 is 1.40 bits per heavy atom. The van der Waals surface area contributed by atoms with Gasteiger partial charge in [0.1, 0.15) is 0 Å².